The van der Waals surface area contributed by atoms with Gasteiger partial charge < -0.3 is 15.0 Å². The molecule has 1 saturated heterocycles. The summed E-state index contributed by atoms with van der Waals surface area (Å²) in [4.78, 5) is 17.1. The van der Waals surface area contributed by atoms with Crippen LogP contribution >= 0.6 is 0 Å². The zero-order valence-electron chi connectivity index (χ0n) is 12.0. The maximum atomic E-state index is 13.4. The summed E-state index contributed by atoms with van der Waals surface area (Å²) in [6, 6.07) is 3.33. The van der Waals surface area contributed by atoms with Crippen molar-refractivity contribution in [1.29, 1.82) is 0 Å². The van der Waals surface area contributed by atoms with E-state index in [0.29, 0.717) is 18.8 Å². The van der Waals surface area contributed by atoms with Gasteiger partial charge in [0.25, 0.3) is 0 Å². The molecule has 1 aromatic rings. The number of aromatic nitrogens is 1. The van der Waals surface area contributed by atoms with Crippen LogP contribution in [0.2, 0.25) is 0 Å². The van der Waals surface area contributed by atoms with Gasteiger partial charge in [0.15, 0.2) is 0 Å². The van der Waals surface area contributed by atoms with Crippen molar-refractivity contribution in [3.8, 4) is 0 Å². The Labute approximate surface area is 118 Å². The second-order valence-electron chi connectivity index (χ2n) is 5.90. The van der Waals surface area contributed by atoms with E-state index in [4.69, 9.17) is 4.74 Å². The highest BCUT2D eigenvalue weighted by molar-refractivity contribution is 5.68. The first-order valence-corrected chi connectivity index (χ1v) is 6.70. The maximum Gasteiger partial charge on any atom is 0.410 e. The number of amides is 1. The lowest BCUT2D eigenvalue weighted by molar-refractivity contribution is 0.0293. The van der Waals surface area contributed by atoms with E-state index in [2.05, 4.69) is 10.3 Å². The number of pyridine rings is 1. The predicted octanol–water partition coefficient (Wildman–Crippen LogP) is 2.64. The number of halogens is 1. The second-order valence-corrected chi connectivity index (χ2v) is 5.90. The molecule has 6 heteroatoms. The van der Waals surface area contributed by atoms with Crippen molar-refractivity contribution in [3.05, 3.63) is 24.3 Å². The molecular formula is C14H20FN3O2. The molecule has 5 nitrogen and oxygen atoms in total. The highest BCUT2D eigenvalue weighted by Gasteiger charge is 2.30. The van der Waals surface area contributed by atoms with Crippen molar-refractivity contribution in [2.45, 2.75) is 38.8 Å². The number of hydrogen-bond acceptors (Lipinski definition) is 4. The topological polar surface area (TPSA) is 54.5 Å². The monoisotopic (exact) mass is 281 g/mol. The molecule has 1 fully saturated rings. The lowest BCUT2D eigenvalue weighted by atomic mass is 10.2. The Bertz CT molecular complexity index is 488. The molecule has 0 unspecified atom stereocenters. The van der Waals surface area contributed by atoms with E-state index in [1.54, 1.807) is 17.0 Å². The summed E-state index contributed by atoms with van der Waals surface area (Å²) >= 11 is 0. The number of likely N-dealkylation sites (tertiary alicyclic amines) is 1. The first-order valence-electron chi connectivity index (χ1n) is 6.70. The molecule has 0 radical (unpaired) electrons. The van der Waals surface area contributed by atoms with Crippen molar-refractivity contribution in [3.63, 3.8) is 0 Å². The fourth-order valence-corrected chi connectivity index (χ4v) is 2.08. The highest BCUT2D eigenvalue weighted by atomic mass is 19.1. The third-order valence-electron chi connectivity index (χ3n) is 2.96. The number of nitrogens with one attached hydrogen (secondary N) is 1. The van der Waals surface area contributed by atoms with Gasteiger partial charge in [-0.2, -0.15) is 4.39 Å². The number of rotatable bonds is 2. The smallest absolute Gasteiger partial charge is 0.410 e. The van der Waals surface area contributed by atoms with Crippen LogP contribution in [0.1, 0.15) is 27.2 Å². The van der Waals surface area contributed by atoms with Crippen molar-refractivity contribution in [1.82, 2.24) is 9.88 Å². The Hall–Kier alpha value is -1.85. The Kier molecular flexibility index (Phi) is 4.11. The first kappa shape index (κ1) is 14.6. The molecule has 0 saturated carbocycles. The number of carbonyl (C=O) groups is 1. The van der Waals surface area contributed by atoms with Crippen molar-refractivity contribution < 1.29 is 13.9 Å². The molecule has 2 heterocycles. The molecule has 1 atom stereocenters. The summed E-state index contributed by atoms with van der Waals surface area (Å²) < 4.78 is 18.8. The van der Waals surface area contributed by atoms with Gasteiger partial charge >= 0.3 is 6.09 Å². The molecule has 0 aliphatic carbocycles. The molecular weight excluding hydrogens is 261 g/mol. The molecule has 1 aromatic heterocycles. The quantitative estimate of drug-likeness (QED) is 0.847. The third-order valence-corrected chi connectivity index (χ3v) is 2.96. The van der Waals surface area contributed by atoms with Crippen LogP contribution in [0.4, 0.5) is 14.9 Å². The lowest BCUT2D eigenvalue weighted by Gasteiger charge is -2.24. The van der Waals surface area contributed by atoms with Crippen molar-refractivity contribution in [2.24, 2.45) is 0 Å². The van der Waals surface area contributed by atoms with Crippen LogP contribution < -0.4 is 5.32 Å². The van der Waals surface area contributed by atoms with Gasteiger partial charge in [-0.1, -0.05) is 0 Å². The van der Waals surface area contributed by atoms with E-state index in [-0.39, 0.29) is 12.1 Å². The SMILES string of the molecule is CC(C)(C)OC(=O)N1CC[C@H](Nc2cccnc2F)C1. The van der Waals surface area contributed by atoms with Gasteiger partial charge in [0, 0.05) is 25.3 Å². The summed E-state index contributed by atoms with van der Waals surface area (Å²) in [5.41, 5.74) is -0.138. The van der Waals surface area contributed by atoms with Crippen molar-refractivity contribution >= 4 is 11.8 Å². The molecule has 1 amide bonds. The number of carbonyl (C=O) groups excluding carboxylic acids is 1. The molecule has 20 heavy (non-hydrogen) atoms. The first-order chi connectivity index (χ1) is 9.35. The molecule has 1 aliphatic heterocycles. The predicted molar refractivity (Wildman–Crippen MR) is 74.0 cm³/mol. The average Bonchev–Trinajstić information content (AvgIpc) is 2.79. The average molecular weight is 281 g/mol. The molecule has 1 aliphatic rings. The van der Waals surface area contributed by atoms with Gasteiger partial charge in [-0.3, -0.25) is 0 Å². The van der Waals surface area contributed by atoms with E-state index < -0.39 is 11.5 Å². The maximum absolute atomic E-state index is 13.4. The van der Waals surface area contributed by atoms with Gasteiger partial charge in [0.05, 0.1) is 5.69 Å². The minimum Gasteiger partial charge on any atom is -0.444 e. The summed E-state index contributed by atoms with van der Waals surface area (Å²) in [6.07, 6.45) is 1.84. The van der Waals surface area contributed by atoms with Crippen LogP contribution in [0.3, 0.4) is 0 Å². The normalized spacial score (nSPS) is 19.0. The minimum atomic E-state index is -0.525. The molecule has 0 aromatic carbocycles. The number of ether oxygens (including phenoxy) is 1. The van der Waals surface area contributed by atoms with Gasteiger partial charge in [-0.15, -0.1) is 0 Å². The zero-order chi connectivity index (χ0) is 14.8. The fourth-order valence-electron chi connectivity index (χ4n) is 2.08. The highest BCUT2D eigenvalue weighted by Crippen LogP contribution is 2.19. The largest absolute Gasteiger partial charge is 0.444 e. The standard InChI is InChI=1S/C14H20FN3O2/c1-14(2,3)20-13(19)18-8-6-10(9-18)17-11-5-4-7-16-12(11)15/h4-5,7,10,17H,6,8-9H2,1-3H3/t10-/m0/s1. The van der Waals surface area contributed by atoms with Crippen LogP contribution in [0.15, 0.2) is 18.3 Å². The van der Waals surface area contributed by atoms with E-state index in [9.17, 15) is 9.18 Å². The fraction of sp³-hybridized carbons (Fsp3) is 0.571. The Balaban J connectivity index is 1.90. The van der Waals surface area contributed by atoms with Gasteiger partial charge in [-0.05, 0) is 39.3 Å². The molecule has 110 valence electrons. The molecule has 1 N–H and O–H groups in total. The van der Waals surface area contributed by atoms with Gasteiger partial charge in [0.1, 0.15) is 5.60 Å². The summed E-state index contributed by atoms with van der Waals surface area (Å²) in [6.45, 7) is 6.61. The molecule has 0 bridgehead atoms. The third kappa shape index (κ3) is 3.82. The van der Waals surface area contributed by atoms with Crippen molar-refractivity contribution in [2.75, 3.05) is 18.4 Å². The minimum absolute atomic E-state index is 0.0150. The summed E-state index contributed by atoms with van der Waals surface area (Å²) in [7, 11) is 0. The van der Waals surface area contributed by atoms with Gasteiger partial charge in [-0.25, -0.2) is 9.78 Å². The second kappa shape index (κ2) is 5.64. The number of hydrogen-bond donors (Lipinski definition) is 1. The van der Waals surface area contributed by atoms with Crippen LogP contribution in [0.25, 0.3) is 0 Å². The Morgan fingerprint density at radius 2 is 2.30 bits per heavy atom. The Morgan fingerprint density at radius 1 is 1.55 bits per heavy atom. The molecule has 2 rings (SSSR count). The van der Waals surface area contributed by atoms with E-state index in [1.165, 1.54) is 6.20 Å². The van der Waals surface area contributed by atoms with Crippen LogP contribution in [0, 0.1) is 5.95 Å². The van der Waals surface area contributed by atoms with Crippen LogP contribution in [-0.4, -0.2) is 40.7 Å². The Morgan fingerprint density at radius 3 is 2.95 bits per heavy atom. The summed E-state index contributed by atoms with van der Waals surface area (Å²) in [5.74, 6) is -0.525. The van der Waals surface area contributed by atoms with Crippen LogP contribution in [0.5, 0.6) is 0 Å². The number of nitrogens with zero attached hydrogens (tertiary/aromatic N) is 2. The number of anilines is 1. The van der Waals surface area contributed by atoms with Crippen LogP contribution in [-0.2, 0) is 4.74 Å². The summed E-state index contributed by atoms with van der Waals surface area (Å²) in [5, 5.41) is 3.07. The van der Waals surface area contributed by atoms with E-state index in [1.807, 2.05) is 20.8 Å². The molecule has 0 spiro atoms. The van der Waals surface area contributed by atoms with E-state index in [0.717, 1.165) is 6.42 Å². The zero-order valence-corrected chi connectivity index (χ0v) is 12.0. The van der Waals surface area contributed by atoms with Gasteiger partial charge in [0.2, 0.25) is 5.95 Å². The van der Waals surface area contributed by atoms with E-state index >= 15 is 0 Å². The lowest BCUT2D eigenvalue weighted by Crippen LogP contribution is -2.36.